The summed E-state index contributed by atoms with van der Waals surface area (Å²) in [6.45, 7) is 0. The molecule has 1 atom stereocenters. The van der Waals surface area contributed by atoms with Crippen LogP contribution >= 0.6 is 38.9 Å². The molecule has 0 spiro atoms. The lowest BCUT2D eigenvalue weighted by Crippen LogP contribution is -2.09. The molecule has 3 heteroatoms. The van der Waals surface area contributed by atoms with E-state index in [-0.39, 0.29) is 0 Å². The molecule has 0 radical (unpaired) electrons. The summed E-state index contributed by atoms with van der Waals surface area (Å²) in [4.78, 5) is 0. The maximum Gasteiger partial charge on any atom is 0.110 e. The molecule has 70 valence electrons. The van der Waals surface area contributed by atoms with E-state index in [0.29, 0.717) is 6.10 Å². The van der Waals surface area contributed by atoms with Gasteiger partial charge in [0.05, 0.1) is 6.10 Å². The minimum Gasteiger partial charge on any atom is -0.308 e. The first-order chi connectivity index (χ1) is 6.31. The van der Waals surface area contributed by atoms with Crippen molar-refractivity contribution < 1.29 is 3.07 Å². The SMILES string of the molecule is Brc1ccc2c(c1)CCCC2OI. The summed E-state index contributed by atoms with van der Waals surface area (Å²) < 4.78 is 6.58. The lowest BCUT2D eigenvalue weighted by molar-refractivity contribution is 0.257. The van der Waals surface area contributed by atoms with Crippen LogP contribution in [0.1, 0.15) is 30.1 Å². The molecule has 0 saturated heterocycles. The minimum absolute atomic E-state index is 0.303. The van der Waals surface area contributed by atoms with E-state index in [4.69, 9.17) is 3.07 Å². The van der Waals surface area contributed by atoms with Gasteiger partial charge in [-0.05, 0) is 42.5 Å². The van der Waals surface area contributed by atoms with Crippen molar-refractivity contribution in [2.45, 2.75) is 25.4 Å². The molecule has 1 aromatic carbocycles. The normalized spacial score (nSPS) is 21.2. The number of fused-ring (bicyclic) bond motifs is 1. The van der Waals surface area contributed by atoms with E-state index in [2.05, 4.69) is 34.1 Å². The highest BCUT2D eigenvalue weighted by atomic mass is 127. The third-order valence-corrected chi connectivity index (χ3v) is 3.58. The summed E-state index contributed by atoms with van der Waals surface area (Å²) in [5.74, 6) is 0. The van der Waals surface area contributed by atoms with Crippen LogP contribution in [0.25, 0.3) is 0 Å². The van der Waals surface area contributed by atoms with Gasteiger partial charge in [-0.2, -0.15) is 0 Å². The zero-order valence-corrected chi connectivity index (χ0v) is 10.8. The van der Waals surface area contributed by atoms with Crippen molar-refractivity contribution in [2.75, 3.05) is 0 Å². The smallest absolute Gasteiger partial charge is 0.110 e. The van der Waals surface area contributed by atoms with Crippen molar-refractivity contribution in [3.63, 3.8) is 0 Å². The zero-order valence-electron chi connectivity index (χ0n) is 7.09. The predicted molar refractivity (Wildman–Crippen MR) is 64.9 cm³/mol. The molecule has 0 fully saturated rings. The maximum absolute atomic E-state index is 5.41. The summed E-state index contributed by atoms with van der Waals surface area (Å²) in [5, 5.41) is 0. The van der Waals surface area contributed by atoms with Gasteiger partial charge in [0.25, 0.3) is 0 Å². The van der Waals surface area contributed by atoms with Crippen LogP contribution < -0.4 is 0 Å². The number of rotatable bonds is 1. The van der Waals surface area contributed by atoms with Gasteiger partial charge in [0.2, 0.25) is 0 Å². The first-order valence-electron chi connectivity index (χ1n) is 4.37. The van der Waals surface area contributed by atoms with E-state index in [1.807, 2.05) is 23.0 Å². The van der Waals surface area contributed by atoms with Crippen molar-refractivity contribution in [2.24, 2.45) is 0 Å². The molecule has 2 rings (SSSR count). The second-order valence-electron chi connectivity index (χ2n) is 3.31. The Kier molecular flexibility index (Phi) is 3.26. The van der Waals surface area contributed by atoms with Crippen molar-refractivity contribution in [3.05, 3.63) is 33.8 Å². The van der Waals surface area contributed by atoms with Crippen LogP contribution in [-0.4, -0.2) is 0 Å². The summed E-state index contributed by atoms with van der Waals surface area (Å²) >= 11 is 5.49. The highest BCUT2D eigenvalue weighted by Crippen LogP contribution is 2.35. The summed E-state index contributed by atoms with van der Waals surface area (Å²) in [6, 6.07) is 6.46. The van der Waals surface area contributed by atoms with Gasteiger partial charge in [-0.25, -0.2) is 0 Å². The number of benzene rings is 1. The first-order valence-corrected chi connectivity index (χ1v) is 6.04. The fourth-order valence-corrected chi connectivity index (χ4v) is 2.77. The quantitative estimate of drug-likeness (QED) is 0.688. The first kappa shape index (κ1) is 9.93. The second-order valence-corrected chi connectivity index (χ2v) is 4.74. The van der Waals surface area contributed by atoms with Crippen molar-refractivity contribution >= 4 is 38.9 Å². The van der Waals surface area contributed by atoms with E-state index in [1.54, 1.807) is 0 Å². The Balaban J connectivity index is 2.40. The summed E-state index contributed by atoms with van der Waals surface area (Å²) in [5.41, 5.74) is 2.80. The summed E-state index contributed by atoms with van der Waals surface area (Å²) in [7, 11) is 0. The number of halogens is 2. The topological polar surface area (TPSA) is 9.23 Å². The number of hydrogen-bond donors (Lipinski definition) is 0. The maximum atomic E-state index is 5.41. The predicted octanol–water partition coefficient (Wildman–Crippen LogP) is 4.19. The van der Waals surface area contributed by atoms with Crippen LogP contribution in [0, 0.1) is 0 Å². The highest BCUT2D eigenvalue weighted by Gasteiger charge is 2.19. The fraction of sp³-hybridized carbons (Fsp3) is 0.400. The van der Waals surface area contributed by atoms with Crippen molar-refractivity contribution in [3.8, 4) is 0 Å². The largest absolute Gasteiger partial charge is 0.308 e. The van der Waals surface area contributed by atoms with E-state index in [0.717, 1.165) is 6.42 Å². The molecule has 0 saturated carbocycles. The molecule has 1 unspecified atom stereocenters. The second kappa shape index (κ2) is 4.28. The lowest BCUT2D eigenvalue weighted by atomic mass is 9.90. The van der Waals surface area contributed by atoms with Gasteiger partial charge < -0.3 is 3.07 Å². The Hall–Kier alpha value is 0.390. The van der Waals surface area contributed by atoms with Gasteiger partial charge in [-0.15, -0.1) is 0 Å². The Bertz CT molecular complexity index is 314. The lowest BCUT2D eigenvalue weighted by Gasteiger charge is -2.23. The van der Waals surface area contributed by atoms with Crippen LogP contribution in [0.4, 0.5) is 0 Å². The number of aryl methyl sites for hydroxylation is 1. The molecule has 0 aliphatic heterocycles. The molecule has 1 aromatic rings. The van der Waals surface area contributed by atoms with Crippen LogP contribution in [-0.2, 0) is 9.49 Å². The standard InChI is InChI=1S/C10H10BrIO/c11-8-4-5-9-7(6-8)2-1-3-10(9)13-12/h4-6,10H,1-3H2. The Labute approximate surface area is 101 Å². The molecule has 0 bridgehead atoms. The molecule has 1 aliphatic rings. The van der Waals surface area contributed by atoms with Crippen LogP contribution in [0.3, 0.4) is 0 Å². The van der Waals surface area contributed by atoms with Gasteiger partial charge in [-0.1, -0.05) is 22.0 Å². The highest BCUT2D eigenvalue weighted by molar-refractivity contribution is 14.1. The fourth-order valence-electron chi connectivity index (χ4n) is 1.83. The van der Waals surface area contributed by atoms with E-state index in [9.17, 15) is 0 Å². The molecule has 1 aliphatic carbocycles. The Morgan fingerprint density at radius 3 is 3.08 bits per heavy atom. The molecule has 13 heavy (non-hydrogen) atoms. The van der Waals surface area contributed by atoms with Crippen molar-refractivity contribution in [1.29, 1.82) is 0 Å². The average molecular weight is 353 g/mol. The van der Waals surface area contributed by atoms with Crippen LogP contribution in [0.2, 0.25) is 0 Å². The molecule has 0 N–H and O–H groups in total. The Morgan fingerprint density at radius 1 is 1.46 bits per heavy atom. The minimum atomic E-state index is 0.303. The van der Waals surface area contributed by atoms with Crippen LogP contribution in [0.5, 0.6) is 0 Å². The molecular weight excluding hydrogens is 343 g/mol. The summed E-state index contributed by atoms with van der Waals surface area (Å²) in [6.07, 6.45) is 3.87. The van der Waals surface area contributed by atoms with Gasteiger partial charge in [0.15, 0.2) is 0 Å². The van der Waals surface area contributed by atoms with E-state index < -0.39 is 0 Å². The molecule has 1 nitrogen and oxygen atoms in total. The number of hydrogen-bond acceptors (Lipinski definition) is 1. The Morgan fingerprint density at radius 2 is 2.31 bits per heavy atom. The zero-order chi connectivity index (χ0) is 9.26. The monoisotopic (exact) mass is 352 g/mol. The van der Waals surface area contributed by atoms with Crippen LogP contribution in [0.15, 0.2) is 22.7 Å². The van der Waals surface area contributed by atoms with Gasteiger partial charge in [0.1, 0.15) is 23.0 Å². The van der Waals surface area contributed by atoms with Gasteiger partial charge in [-0.3, -0.25) is 0 Å². The molecule has 0 amide bonds. The average Bonchev–Trinajstić information content (AvgIpc) is 2.16. The molecule has 0 heterocycles. The van der Waals surface area contributed by atoms with E-state index in [1.165, 1.54) is 28.4 Å². The van der Waals surface area contributed by atoms with Crippen molar-refractivity contribution in [1.82, 2.24) is 0 Å². The molecular formula is C10H10BrIO. The van der Waals surface area contributed by atoms with E-state index >= 15 is 0 Å². The third kappa shape index (κ3) is 2.07. The van der Waals surface area contributed by atoms with Gasteiger partial charge >= 0.3 is 0 Å². The molecule has 0 aromatic heterocycles. The van der Waals surface area contributed by atoms with Gasteiger partial charge in [0, 0.05) is 4.47 Å². The third-order valence-electron chi connectivity index (χ3n) is 2.47.